The third-order valence-electron chi connectivity index (χ3n) is 1.59. The second-order valence-corrected chi connectivity index (χ2v) is 2.70. The Bertz CT molecular complexity index is 455. The van der Waals surface area contributed by atoms with Gasteiger partial charge >= 0.3 is 17.8 Å². The van der Waals surface area contributed by atoms with Gasteiger partial charge in [0.05, 0.1) is 6.61 Å². The minimum atomic E-state index is -4.84. The summed E-state index contributed by atoms with van der Waals surface area (Å²) in [7, 11) is 0. The molecule has 17 heavy (non-hydrogen) atoms. The fourth-order valence-corrected chi connectivity index (χ4v) is 0.981. The van der Waals surface area contributed by atoms with Gasteiger partial charge in [-0.05, 0) is 6.92 Å². The highest BCUT2D eigenvalue weighted by Crippen LogP contribution is 2.29. The van der Waals surface area contributed by atoms with E-state index in [9.17, 15) is 22.8 Å². The van der Waals surface area contributed by atoms with E-state index >= 15 is 0 Å². The zero-order valence-corrected chi connectivity index (χ0v) is 8.59. The molecule has 0 aliphatic carbocycles. The summed E-state index contributed by atoms with van der Waals surface area (Å²) in [5, 5.41) is 0. The average Bonchev–Trinajstić information content (AvgIpc) is 2.16. The van der Waals surface area contributed by atoms with E-state index in [4.69, 9.17) is 0 Å². The number of H-pyrrole nitrogens is 1. The quantitative estimate of drug-likeness (QED) is 0.758. The zero-order chi connectivity index (χ0) is 12.3. The van der Waals surface area contributed by atoms with Gasteiger partial charge < -0.3 is 15.2 Å². The molecule has 0 radical (unpaired) electrons. The molecule has 0 saturated carbocycles. The maximum Gasteiger partial charge on any atom is 0.432 e. The smallest absolute Gasteiger partial charge is 0.432 e. The number of carbonyl (C=O) groups is 1. The molecular formula is C8H9F3N2O4. The molecule has 1 heterocycles. The van der Waals surface area contributed by atoms with Crippen LogP contribution in [-0.4, -0.2) is 28.0 Å². The number of rotatable bonds is 2. The lowest BCUT2D eigenvalue weighted by Gasteiger charge is -2.10. The molecule has 6 nitrogen and oxygen atoms in total. The number of nitrogens with one attached hydrogen (secondary N) is 1. The van der Waals surface area contributed by atoms with E-state index in [1.165, 1.54) is 11.9 Å². The van der Waals surface area contributed by atoms with Crippen LogP contribution >= 0.6 is 0 Å². The lowest BCUT2D eigenvalue weighted by atomic mass is 10.2. The van der Waals surface area contributed by atoms with Crippen molar-refractivity contribution in [2.45, 2.75) is 13.1 Å². The van der Waals surface area contributed by atoms with Gasteiger partial charge in [0, 0.05) is 6.20 Å². The van der Waals surface area contributed by atoms with Crippen molar-refractivity contribution in [1.29, 1.82) is 0 Å². The van der Waals surface area contributed by atoms with Gasteiger partial charge in [0.25, 0.3) is 0 Å². The average molecular weight is 254 g/mol. The van der Waals surface area contributed by atoms with Crippen molar-refractivity contribution in [1.82, 2.24) is 9.97 Å². The molecule has 9 heteroatoms. The predicted molar refractivity (Wildman–Crippen MR) is 49.4 cm³/mol. The number of halogens is 3. The number of aromatic amines is 1. The molecule has 0 saturated heterocycles. The van der Waals surface area contributed by atoms with Crippen LogP contribution in [0.25, 0.3) is 0 Å². The summed E-state index contributed by atoms with van der Waals surface area (Å²) in [6.07, 6.45) is -4.30. The number of hydrogen-bond donors (Lipinski definition) is 1. The van der Waals surface area contributed by atoms with Crippen molar-refractivity contribution in [3.63, 3.8) is 0 Å². The minimum absolute atomic E-state index is 0. The molecule has 0 aliphatic heterocycles. The highest BCUT2D eigenvalue weighted by atomic mass is 19.4. The maximum absolute atomic E-state index is 12.4. The lowest BCUT2D eigenvalue weighted by Crippen LogP contribution is -2.24. The van der Waals surface area contributed by atoms with Crippen molar-refractivity contribution in [3.05, 3.63) is 27.9 Å². The third-order valence-corrected chi connectivity index (χ3v) is 1.59. The fourth-order valence-electron chi connectivity index (χ4n) is 0.981. The summed E-state index contributed by atoms with van der Waals surface area (Å²) in [4.78, 5) is 26.3. The summed E-state index contributed by atoms with van der Waals surface area (Å²) in [5.74, 6) is -1.18. The van der Waals surface area contributed by atoms with Crippen LogP contribution in [0.3, 0.4) is 0 Å². The summed E-state index contributed by atoms with van der Waals surface area (Å²) in [6, 6.07) is 0. The van der Waals surface area contributed by atoms with E-state index in [0.717, 1.165) is 0 Å². The second-order valence-electron chi connectivity index (χ2n) is 2.70. The Morgan fingerprint density at radius 1 is 1.53 bits per heavy atom. The van der Waals surface area contributed by atoms with Crippen LogP contribution in [0.4, 0.5) is 13.2 Å². The zero-order valence-electron chi connectivity index (χ0n) is 8.59. The van der Waals surface area contributed by atoms with Crippen LogP contribution in [0.15, 0.2) is 11.0 Å². The number of ether oxygens (including phenoxy) is 1. The Morgan fingerprint density at radius 2 is 2.12 bits per heavy atom. The van der Waals surface area contributed by atoms with E-state index in [-0.39, 0.29) is 12.1 Å². The molecule has 0 aliphatic rings. The molecule has 1 aromatic rings. The summed E-state index contributed by atoms with van der Waals surface area (Å²) in [5.41, 5.74) is -3.44. The lowest BCUT2D eigenvalue weighted by molar-refractivity contribution is -0.142. The molecular weight excluding hydrogens is 245 g/mol. The Morgan fingerprint density at radius 3 is 2.59 bits per heavy atom. The van der Waals surface area contributed by atoms with Crippen LogP contribution in [-0.2, 0) is 10.9 Å². The number of aromatic nitrogens is 2. The summed E-state index contributed by atoms with van der Waals surface area (Å²) >= 11 is 0. The summed E-state index contributed by atoms with van der Waals surface area (Å²) in [6.45, 7) is 1.37. The normalized spacial score (nSPS) is 10.6. The van der Waals surface area contributed by atoms with Crippen LogP contribution in [0.1, 0.15) is 23.0 Å². The van der Waals surface area contributed by atoms with E-state index in [2.05, 4.69) is 9.72 Å². The van der Waals surface area contributed by atoms with Crippen LogP contribution < -0.4 is 5.69 Å². The second kappa shape index (κ2) is 5.43. The van der Waals surface area contributed by atoms with Crippen molar-refractivity contribution in [2.75, 3.05) is 6.61 Å². The number of esters is 1. The Hall–Kier alpha value is -1.90. The molecule has 3 N–H and O–H groups in total. The molecule has 0 atom stereocenters. The topological polar surface area (TPSA) is 104 Å². The molecule has 0 spiro atoms. The van der Waals surface area contributed by atoms with Gasteiger partial charge in [0.2, 0.25) is 0 Å². The number of hydrogen-bond acceptors (Lipinski definition) is 4. The largest absolute Gasteiger partial charge is 0.462 e. The van der Waals surface area contributed by atoms with E-state index in [0.29, 0.717) is 6.20 Å². The Labute approximate surface area is 92.7 Å². The SMILES string of the molecule is CCOC(=O)c1cnc(=O)[nH]c1C(F)(F)F.O. The number of nitrogens with zero attached hydrogens (tertiary/aromatic N) is 1. The first-order valence-corrected chi connectivity index (χ1v) is 4.20. The van der Waals surface area contributed by atoms with Crippen LogP contribution in [0, 0.1) is 0 Å². The molecule has 0 amide bonds. The fraction of sp³-hybridized carbons (Fsp3) is 0.375. The van der Waals surface area contributed by atoms with Gasteiger partial charge in [0.15, 0.2) is 0 Å². The highest BCUT2D eigenvalue weighted by molar-refractivity contribution is 5.90. The first-order valence-electron chi connectivity index (χ1n) is 4.20. The maximum atomic E-state index is 12.4. The molecule has 0 fully saturated rings. The predicted octanol–water partition coefficient (Wildman–Crippen LogP) is 0.141. The summed E-state index contributed by atoms with van der Waals surface area (Å²) < 4.78 is 41.7. The van der Waals surface area contributed by atoms with Gasteiger partial charge in [-0.1, -0.05) is 0 Å². The monoisotopic (exact) mass is 254 g/mol. The number of carbonyl (C=O) groups excluding carboxylic acids is 1. The third kappa shape index (κ3) is 3.55. The van der Waals surface area contributed by atoms with Crippen molar-refractivity contribution < 1.29 is 28.2 Å². The first kappa shape index (κ1) is 15.1. The highest BCUT2D eigenvalue weighted by Gasteiger charge is 2.37. The van der Waals surface area contributed by atoms with E-state index < -0.39 is 29.1 Å². The van der Waals surface area contributed by atoms with Crippen molar-refractivity contribution in [3.8, 4) is 0 Å². The number of alkyl halides is 3. The molecule has 0 aromatic carbocycles. The molecule has 96 valence electrons. The van der Waals surface area contributed by atoms with Crippen molar-refractivity contribution >= 4 is 5.97 Å². The Balaban J connectivity index is 0.00000256. The molecule has 1 rings (SSSR count). The van der Waals surface area contributed by atoms with Gasteiger partial charge in [-0.2, -0.15) is 13.2 Å². The van der Waals surface area contributed by atoms with Gasteiger partial charge in [-0.15, -0.1) is 0 Å². The first-order chi connectivity index (χ1) is 7.36. The van der Waals surface area contributed by atoms with Crippen LogP contribution in [0.2, 0.25) is 0 Å². The molecule has 0 unspecified atom stereocenters. The van der Waals surface area contributed by atoms with Crippen LogP contribution in [0.5, 0.6) is 0 Å². The minimum Gasteiger partial charge on any atom is -0.462 e. The van der Waals surface area contributed by atoms with Gasteiger partial charge in [0.1, 0.15) is 11.3 Å². The molecule has 1 aromatic heterocycles. The molecule has 0 bridgehead atoms. The standard InChI is InChI=1S/C8H7F3N2O3.H2O/c1-2-16-6(14)4-3-12-7(15)13-5(4)8(9,10)11;/h3H,2H2,1H3,(H,12,13,15);1H2. The van der Waals surface area contributed by atoms with Crippen molar-refractivity contribution in [2.24, 2.45) is 0 Å². The van der Waals surface area contributed by atoms with Gasteiger partial charge in [-0.25, -0.2) is 14.6 Å². The Kier molecular flexibility index (Phi) is 4.83. The van der Waals surface area contributed by atoms with E-state index in [1.807, 2.05) is 0 Å². The van der Waals surface area contributed by atoms with Gasteiger partial charge in [-0.3, -0.25) is 0 Å². The van der Waals surface area contributed by atoms with E-state index in [1.54, 1.807) is 0 Å².